The van der Waals surface area contributed by atoms with Crippen molar-refractivity contribution in [3.63, 3.8) is 0 Å². The summed E-state index contributed by atoms with van der Waals surface area (Å²) < 4.78 is 0. The highest BCUT2D eigenvalue weighted by Gasteiger charge is 2.32. The van der Waals surface area contributed by atoms with Crippen molar-refractivity contribution in [3.8, 4) is 0 Å². The standard InChI is InChI=1S/C17H30Br2/c1-2-13-3-5-14(6-4-13)15-7-9-16(10-8-15)17(19)11-12-18/h13-17H,2-12H2,1H3. The molecule has 0 radical (unpaired) electrons. The van der Waals surface area contributed by atoms with E-state index in [0.29, 0.717) is 0 Å². The molecule has 1 unspecified atom stereocenters. The molecule has 0 N–H and O–H groups in total. The Hall–Kier alpha value is 0.960. The number of hydrogen-bond donors (Lipinski definition) is 0. The average molecular weight is 394 g/mol. The second-order valence-corrected chi connectivity index (χ2v) is 8.83. The smallest absolute Gasteiger partial charge is 0.0182 e. The Kier molecular flexibility index (Phi) is 7.23. The van der Waals surface area contributed by atoms with E-state index < -0.39 is 0 Å². The maximum Gasteiger partial charge on any atom is 0.0182 e. The van der Waals surface area contributed by atoms with Gasteiger partial charge in [0.1, 0.15) is 0 Å². The highest BCUT2D eigenvalue weighted by molar-refractivity contribution is 9.10. The fraction of sp³-hybridized carbons (Fsp3) is 1.00. The molecule has 2 heteroatoms. The summed E-state index contributed by atoms with van der Waals surface area (Å²) in [5, 5.41) is 1.14. The summed E-state index contributed by atoms with van der Waals surface area (Å²) in [5.41, 5.74) is 0. The summed E-state index contributed by atoms with van der Waals surface area (Å²) in [6, 6.07) is 0. The first-order valence-corrected chi connectivity index (χ1v) is 10.5. The van der Waals surface area contributed by atoms with E-state index in [0.717, 1.165) is 33.8 Å². The summed E-state index contributed by atoms with van der Waals surface area (Å²) in [6.45, 7) is 2.37. The van der Waals surface area contributed by atoms with Crippen LogP contribution in [0, 0.1) is 23.7 Å². The predicted molar refractivity (Wildman–Crippen MR) is 92.3 cm³/mol. The van der Waals surface area contributed by atoms with Gasteiger partial charge in [0.15, 0.2) is 0 Å². The van der Waals surface area contributed by atoms with Gasteiger partial charge in [-0.2, -0.15) is 0 Å². The minimum absolute atomic E-state index is 0.753. The number of halogens is 2. The Labute approximate surface area is 136 Å². The van der Waals surface area contributed by atoms with Crippen LogP contribution in [0.3, 0.4) is 0 Å². The van der Waals surface area contributed by atoms with Crippen LogP contribution in [0.15, 0.2) is 0 Å². The zero-order valence-electron chi connectivity index (χ0n) is 12.4. The molecule has 1 atom stereocenters. The monoisotopic (exact) mass is 392 g/mol. The van der Waals surface area contributed by atoms with Crippen LogP contribution in [0.25, 0.3) is 0 Å². The van der Waals surface area contributed by atoms with Gasteiger partial charge in [0.25, 0.3) is 0 Å². The van der Waals surface area contributed by atoms with E-state index in [2.05, 4.69) is 38.8 Å². The van der Waals surface area contributed by atoms with Crippen LogP contribution < -0.4 is 0 Å². The van der Waals surface area contributed by atoms with Crippen LogP contribution in [0.4, 0.5) is 0 Å². The van der Waals surface area contributed by atoms with E-state index in [9.17, 15) is 0 Å². The van der Waals surface area contributed by atoms with Gasteiger partial charge in [-0.25, -0.2) is 0 Å². The molecule has 0 heterocycles. The summed E-state index contributed by atoms with van der Waals surface area (Å²) in [5.74, 6) is 4.14. The Morgan fingerprint density at radius 1 is 0.895 bits per heavy atom. The van der Waals surface area contributed by atoms with Gasteiger partial charge in [-0.1, -0.05) is 58.0 Å². The van der Waals surface area contributed by atoms with Crippen molar-refractivity contribution in [2.24, 2.45) is 23.7 Å². The molecule has 2 aliphatic rings. The van der Waals surface area contributed by atoms with E-state index in [-0.39, 0.29) is 0 Å². The van der Waals surface area contributed by atoms with Crippen molar-refractivity contribution >= 4 is 31.9 Å². The molecule has 0 aromatic rings. The van der Waals surface area contributed by atoms with E-state index in [1.807, 2.05) is 0 Å². The fourth-order valence-corrected chi connectivity index (χ4v) is 6.25. The van der Waals surface area contributed by atoms with Crippen LogP contribution in [0.5, 0.6) is 0 Å². The molecule has 2 aliphatic carbocycles. The van der Waals surface area contributed by atoms with Crippen molar-refractivity contribution in [1.82, 2.24) is 0 Å². The summed E-state index contributed by atoms with van der Waals surface area (Å²) >= 11 is 7.48. The molecule has 19 heavy (non-hydrogen) atoms. The van der Waals surface area contributed by atoms with Crippen molar-refractivity contribution in [3.05, 3.63) is 0 Å². The first-order valence-electron chi connectivity index (χ1n) is 8.44. The summed E-state index contributed by atoms with van der Waals surface area (Å²) in [7, 11) is 0. The second kappa shape index (κ2) is 8.41. The minimum Gasteiger partial charge on any atom is -0.0928 e. The average Bonchev–Trinajstić information content (AvgIpc) is 2.48. The van der Waals surface area contributed by atoms with Crippen molar-refractivity contribution in [2.75, 3.05) is 5.33 Å². The summed E-state index contributed by atoms with van der Waals surface area (Å²) in [4.78, 5) is 0.753. The third-order valence-corrected chi connectivity index (χ3v) is 7.51. The molecule has 0 aromatic heterocycles. The maximum atomic E-state index is 3.90. The molecule has 2 fully saturated rings. The topological polar surface area (TPSA) is 0 Å². The number of hydrogen-bond acceptors (Lipinski definition) is 0. The van der Waals surface area contributed by atoms with Gasteiger partial charge in [0.05, 0.1) is 0 Å². The lowest BCUT2D eigenvalue weighted by Crippen LogP contribution is -2.28. The molecule has 0 aromatic carbocycles. The van der Waals surface area contributed by atoms with Crippen LogP contribution >= 0.6 is 31.9 Å². The van der Waals surface area contributed by atoms with Crippen LogP contribution in [-0.4, -0.2) is 10.2 Å². The van der Waals surface area contributed by atoms with Crippen LogP contribution in [0.2, 0.25) is 0 Å². The molecule has 2 saturated carbocycles. The minimum atomic E-state index is 0.753. The van der Waals surface area contributed by atoms with Gasteiger partial charge in [-0.15, -0.1) is 0 Å². The van der Waals surface area contributed by atoms with Crippen molar-refractivity contribution in [1.29, 1.82) is 0 Å². The van der Waals surface area contributed by atoms with Gasteiger partial charge >= 0.3 is 0 Å². The van der Waals surface area contributed by atoms with E-state index in [4.69, 9.17) is 0 Å². The lowest BCUT2D eigenvalue weighted by atomic mass is 9.68. The number of alkyl halides is 2. The van der Waals surface area contributed by atoms with Gasteiger partial charge < -0.3 is 0 Å². The Morgan fingerprint density at radius 3 is 1.89 bits per heavy atom. The highest BCUT2D eigenvalue weighted by Crippen LogP contribution is 2.43. The SMILES string of the molecule is CCC1CCC(C2CCC(C(Br)CCBr)CC2)CC1. The van der Waals surface area contributed by atoms with Gasteiger partial charge in [-0.05, 0) is 68.6 Å². The van der Waals surface area contributed by atoms with E-state index >= 15 is 0 Å². The van der Waals surface area contributed by atoms with Gasteiger partial charge in [0, 0.05) is 10.2 Å². The van der Waals surface area contributed by atoms with Crippen molar-refractivity contribution in [2.45, 2.75) is 76.0 Å². The predicted octanol–water partition coefficient (Wildman–Crippen LogP) is 6.56. The van der Waals surface area contributed by atoms with Crippen molar-refractivity contribution < 1.29 is 0 Å². The molecular formula is C17H30Br2. The van der Waals surface area contributed by atoms with E-state index in [1.54, 1.807) is 0 Å². The molecular weight excluding hydrogens is 364 g/mol. The van der Waals surface area contributed by atoms with Gasteiger partial charge in [-0.3, -0.25) is 0 Å². The number of rotatable bonds is 5. The first-order chi connectivity index (χ1) is 9.24. The molecule has 0 bridgehead atoms. The second-order valence-electron chi connectivity index (χ2n) is 6.86. The molecule has 0 amide bonds. The third-order valence-electron chi connectivity index (χ3n) is 5.85. The third kappa shape index (κ3) is 4.73. The zero-order chi connectivity index (χ0) is 13.7. The Morgan fingerprint density at radius 2 is 1.42 bits per heavy atom. The molecule has 0 nitrogen and oxygen atoms in total. The Bertz CT molecular complexity index is 238. The quantitative estimate of drug-likeness (QED) is 0.464. The van der Waals surface area contributed by atoms with E-state index in [1.165, 1.54) is 64.2 Å². The van der Waals surface area contributed by atoms with Crippen LogP contribution in [-0.2, 0) is 0 Å². The molecule has 2 rings (SSSR count). The zero-order valence-corrected chi connectivity index (χ0v) is 15.6. The molecule has 0 saturated heterocycles. The molecule has 0 spiro atoms. The lowest BCUT2D eigenvalue weighted by Gasteiger charge is -2.38. The normalized spacial score (nSPS) is 38.1. The highest BCUT2D eigenvalue weighted by atomic mass is 79.9. The largest absolute Gasteiger partial charge is 0.0928 e. The summed E-state index contributed by atoms with van der Waals surface area (Å²) in [6.07, 6.45) is 14.8. The lowest BCUT2D eigenvalue weighted by molar-refractivity contribution is 0.144. The fourth-order valence-electron chi connectivity index (χ4n) is 4.39. The van der Waals surface area contributed by atoms with Gasteiger partial charge in [0.2, 0.25) is 0 Å². The molecule has 112 valence electrons. The molecule has 0 aliphatic heterocycles. The Balaban J connectivity index is 1.71. The van der Waals surface area contributed by atoms with Crippen LogP contribution in [0.1, 0.15) is 71.1 Å². The first kappa shape index (κ1) is 16.3. The maximum absolute atomic E-state index is 3.90.